The highest BCUT2D eigenvalue weighted by Gasteiger charge is 2.30. The first-order chi connectivity index (χ1) is 14.5. The lowest BCUT2D eigenvalue weighted by Crippen LogP contribution is -2.39. The van der Waals surface area contributed by atoms with Gasteiger partial charge < -0.3 is 20.9 Å². The molecule has 1 unspecified atom stereocenters. The number of amides is 3. The molecule has 0 saturated carbocycles. The number of anilines is 1. The van der Waals surface area contributed by atoms with E-state index in [1.165, 1.54) is 12.1 Å². The number of imidazole rings is 1. The van der Waals surface area contributed by atoms with E-state index >= 15 is 0 Å². The molecule has 0 bridgehead atoms. The van der Waals surface area contributed by atoms with E-state index in [1.807, 2.05) is 0 Å². The molecule has 0 aliphatic carbocycles. The Labute approximate surface area is 173 Å². The molecule has 7 nitrogen and oxygen atoms in total. The maximum atomic E-state index is 13.6. The van der Waals surface area contributed by atoms with Gasteiger partial charge in [-0.15, -0.1) is 0 Å². The summed E-state index contributed by atoms with van der Waals surface area (Å²) in [6.07, 6.45) is 4.33. The number of aromatic amines is 1. The van der Waals surface area contributed by atoms with Gasteiger partial charge in [0.2, 0.25) is 0 Å². The van der Waals surface area contributed by atoms with Gasteiger partial charge in [-0.2, -0.15) is 0 Å². The summed E-state index contributed by atoms with van der Waals surface area (Å²) in [6.45, 7) is 0.604. The summed E-state index contributed by atoms with van der Waals surface area (Å²) in [5.74, 6) is 0.216. The smallest absolute Gasteiger partial charge is 0.316 e. The molecule has 0 radical (unpaired) electrons. The lowest BCUT2D eigenvalue weighted by atomic mass is 10.00. The number of halogens is 1. The van der Waals surface area contributed by atoms with Gasteiger partial charge in [0.25, 0.3) is 5.91 Å². The van der Waals surface area contributed by atoms with E-state index in [0.29, 0.717) is 34.9 Å². The Kier molecular flexibility index (Phi) is 5.47. The number of primary amides is 1. The molecule has 2 heterocycles. The van der Waals surface area contributed by atoms with Crippen molar-refractivity contribution in [3.8, 4) is 11.3 Å². The third-order valence-corrected chi connectivity index (χ3v) is 5.19. The molecule has 154 valence electrons. The van der Waals surface area contributed by atoms with Crippen LogP contribution in [-0.2, 0) is 0 Å². The molecule has 3 aromatic rings. The molecule has 1 aliphatic heterocycles. The minimum Gasteiger partial charge on any atom is -0.351 e. The summed E-state index contributed by atoms with van der Waals surface area (Å²) < 4.78 is 13.6. The van der Waals surface area contributed by atoms with Crippen LogP contribution in [-0.4, -0.2) is 33.4 Å². The molecule has 1 fully saturated rings. The molecule has 3 amide bonds. The highest BCUT2D eigenvalue weighted by atomic mass is 19.1. The van der Waals surface area contributed by atoms with Crippen LogP contribution in [0.4, 0.5) is 14.9 Å². The number of nitrogens with one attached hydrogen (secondary N) is 2. The number of likely N-dealkylation sites (tertiary alicyclic amines) is 1. The fourth-order valence-electron chi connectivity index (χ4n) is 3.81. The fraction of sp³-hybridized carbons (Fsp3) is 0.227. The second-order valence-corrected chi connectivity index (χ2v) is 7.27. The second kappa shape index (κ2) is 8.36. The zero-order chi connectivity index (χ0) is 21.1. The van der Waals surface area contributed by atoms with Crippen LogP contribution < -0.4 is 11.1 Å². The molecule has 2 aromatic carbocycles. The van der Waals surface area contributed by atoms with Crippen molar-refractivity contribution in [2.75, 3.05) is 11.9 Å². The molecule has 0 spiro atoms. The standard InChI is InChI=1S/C22H22FN5O2/c23-16-7-3-5-14(11-16)18-13-25-20(27-18)19-9-1-2-10-28(19)21(29)15-6-4-8-17(12-15)26-22(24)30/h3-8,11-13,19H,1-2,9-10H2,(H,25,27)(H3,24,26,30). The normalized spacial score (nSPS) is 16.3. The molecule has 30 heavy (non-hydrogen) atoms. The van der Waals surface area contributed by atoms with Gasteiger partial charge in [0.05, 0.1) is 17.9 Å². The van der Waals surface area contributed by atoms with E-state index in [9.17, 15) is 14.0 Å². The van der Waals surface area contributed by atoms with Crippen molar-refractivity contribution in [1.82, 2.24) is 14.9 Å². The van der Waals surface area contributed by atoms with Crippen LogP contribution in [0.1, 0.15) is 41.5 Å². The number of carbonyl (C=O) groups is 2. The Morgan fingerprint density at radius 3 is 2.80 bits per heavy atom. The molecule has 4 N–H and O–H groups in total. The summed E-state index contributed by atoms with van der Waals surface area (Å²) in [4.78, 5) is 33.9. The molecule has 4 rings (SSSR count). The number of hydrogen-bond acceptors (Lipinski definition) is 3. The van der Waals surface area contributed by atoms with Gasteiger partial charge in [0.1, 0.15) is 11.6 Å². The number of nitrogens with two attached hydrogens (primary N) is 1. The molecule has 1 saturated heterocycles. The SMILES string of the molecule is NC(=O)Nc1cccc(C(=O)N2CCCCC2c2ncc(-c3cccc(F)c3)[nH]2)c1. The summed E-state index contributed by atoms with van der Waals surface area (Å²) in [6, 6.07) is 12.1. The van der Waals surface area contributed by atoms with Gasteiger partial charge in [-0.1, -0.05) is 18.2 Å². The van der Waals surface area contributed by atoms with Crippen molar-refractivity contribution in [3.05, 3.63) is 71.9 Å². The molecule has 1 aliphatic rings. The van der Waals surface area contributed by atoms with Gasteiger partial charge in [0.15, 0.2) is 0 Å². The van der Waals surface area contributed by atoms with E-state index in [1.54, 1.807) is 47.5 Å². The van der Waals surface area contributed by atoms with Crippen LogP contribution in [0.15, 0.2) is 54.7 Å². The molecule has 1 aromatic heterocycles. The van der Waals surface area contributed by atoms with E-state index < -0.39 is 6.03 Å². The monoisotopic (exact) mass is 407 g/mol. The number of piperidine rings is 1. The van der Waals surface area contributed by atoms with Crippen LogP contribution in [0, 0.1) is 5.82 Å². The minimum atomic E-state index is -0.684. The number of nitrogens with zero attached hydrogens (tertiary/aromatic N) is 2. The van der Waals surface area contributed by atoms with Crippen molar-refractivity contribution in [2.45, 2.75) is 25.3 Å². The molecular formula is C22H22FN5O2. The molecule has 1 atom stereocenters. The first kappa shape index (κ1) is 19.6. The summed E-state index contributed by atoms with van der Waals surface area (Å²) in [7, 11) is 0. The Balaban J connectivity index is 1.59. The Morgan fingerprint density at radius 2 is 2.00 bits per heavy atom. The van der Waals surface area contributed by atoms with E-state index in [2.05, 4.69) is 15.3 Å². The second-order valence-electron chi connectivity index (χ2n) is 7.27. The minimum absolute atomic E-state index is 0.142. The van der Waals surface area contributed by atoms with Gasteiger partial charge >= 0.3 is 6.03 Å². The maximum absolute atomic E-state index is 13.6. The van der Waals surface area contributed by atoms with E-state index in [-0.39, 0.29) is 17.8 Å². The number of aromatic nitrogens is 2. The first-order valence-electron chi connectivity index (χ1n) is 9.79. The van der Waals surface area contributed by atoms with Crippen LogP contribution in [0.25, 0.3) is 11.3 Å². The zero-order valence-corrected chi connectivity index (χ0v) is 16.3. The summed E-state index contributed by atoms with van der Waals surface area (Å²) in [5, 5.41) is 2.49. The number of H-pyrrole nitrogens is 1. The van der Waals surface area contributed by atoms with Crippen molar-refractivity contribution in [2.24, 2.45) is 5.73 Å². The average molecular weight is 407 g/mol. The Hall–Kier alpha value is -3.68. The van der Waals surface area contributed by atoms with Crippen LogP contribution in [0.5, 0.6) is 0 Å². The molecule has 8 heteroatoms. The summed E-state index contributed by atoms with van der Waals surface area (Å²) in [5.41, 5.74) is 7.50. The lowest BCUT2D eigenvalue weighted by molar-refractivity contribution is 0.0601. The van der Waals surface area contributed by atoms with Crippen molar-refractivity contribution >= 4 is 17.6 Å². The Bertz CT molecular complexity index is 1080. The van der Waals surface area contributed by atoms with Crippen LogP contribution in [0.2, 0.25) is 0 Å². The number of carbonyl (C=O) groups excluding carboxylic acids is 2. The maximum Gasteiger partial charge on any atom is 0.316 e. The van der Waals surface area contributed by atoms with Gasteiger partial charge in [-0.25, -0.2) is 14.2 Å². The largest absolute Gasteiger partial charge is 0.351 e. The Morgan fingerprint density at radius 1 is 1.17 bits per heavy atom. The highest BCUT2D eigenvalue weighted by molar-refractivity contribution is 5.97. The third-order valence-electron chi connectivity index (χ3n) is 5.19. The predicted molar refractivity (Wildman–Crippen MR) is 111 cm³/mol. The lowest BCUT2D eigenvalue weighted by Gasteiger charge is -2.34. The number of hydrogen-bond donors (Lipinski definition) is 3. The van der Waals surface area contributed by atoms with Gasteiger partial charge in [0, 0.05) is 23.4 Å². The first-order valence-corrected chi connectivity index (χ1v) is 9.79. The molecular weight excluding hydrogens is 385 g/mol. The zero-order valence-electron chi connectivity index (χ0n) is 16.3. The van der Waals surface area contributed by atoms with Gasteiger partial charge in [-0.3, -0.25) is 4.79 Å². The van der Waals surface area contributed by atoms with E-state index in [0.717, 1.165) is 19.3 Å². The number of rotatable bonds is 4. The average Bonchev–Trinajstić information content (AvgIpc) is 3.23. The van der Waals surface area contributed by atoms with Crippen LogP contribution >= 0.6 is 0 Å². The number of urea groups is 1. The quantitative estimate of drug-likeness (QED) is 0.607. The summed E-state index contributed by atoms with van der Waals surface area (Å²) >= 11 is 0. The van der Waals surface area contributed by atoms with Crippen molar-refractivity contribution in [1.29, 1.82) is 0 Å². The topological polar surface area (TPSA) is 104 Å². The van der Waals surface area contributed by atoms with E-state index in [4.69, 9.17) is 5.73 Å². The number of benzene rings is 2. The van der Waals surface area contributed by atoms with Crippen LogP contribution in [0.3, 0.4) is 0 Å². The van der Waals surface area contributed by atoms with Crippen molar-refractivity contribution < 1.29 is 14.0 Å². The van der Waals surface area contributed by atoms with Gasteiger partial charge in [-0.05, 0) is 49.6 Å². The van der Waals surface area contributed by atoms with Crippen molar-refractivity contribution in [3.63, 3.8) is 0 Å². The fourth-order valence-corrected chi connectivity index (χ4v) is 3.81. The third kappa shape index (κ3) is 4.17. The predicted octanol–water partition coefficient (Wildman–Crippen LogP) is 4.07. The highest BCUT2D eigenvalue weighted by Crippen LogP contribution is 2.32.